The molecule has 7 nitrogen and oxygen atoms in total. The van der Waals surface area contributed by atoms with Crippen LogP contribution in [0.25, 0.3) is 22.2 Å². The number of fused-ring (bicyclic) bond motifs is 1. The van der Waals surface area contributed by atoms with Crippen molar-refractivity contribution in [3.8, 4) is 22.8 Å². The standard InChI is InChI=1S/C29H26N4O3/c1-35-27-12-11-22(15-28(27)36-2)26-16-24(23-5-3-4-6-25(23)32-26)29(34)31-17-20-7-9-21(10-8-20)18-33-14-13-30-19-33/h3-16,19H,17-18H2,1-2H3,(H,31,34). The molecule has 0 aliphatic heterocycles. The average Bonchev–Trinajstić information content (AvgIpc) is 3.44. The molecule has 0 unspecified atom stereocenters. The fraction of sp³-hybridized carbons (Fsp3) is 0.138. The van der Waals surface area contributed by atoms with Crippen molar-refractivity contribution in [1.82, 2.24) is 19.9 Å². The van der Waals surface area contributed by atoms with Crippen LogP contribution < -0.4 is 14.8 Å². The maximum absolute atomic E-state index is 13.3. The molecule has 2 aromatic heterocycles. The molecule has 0 saturated carbocycles. The second-order valence-corrected chi connectivity index (χ2v) is 8.38. The Morgan fingerprint density at radius 3 is 2.44 bits per heavy atom. The van der Waals surface area contributed by atoms with Gasteiger partial charge in [0.15, 0.2) is 11.5 Å². The first-order valence-electron chi connectivity index (χ1n) is 11.6. The summed E-state index contributed by atoms with van der Waals surface area (Å²) in [6.45, 7) is 1.18. The molecule has 0 radical (unpaired) electrons. The van der Waals surface area contributed by atoms with E-state index in [1.807, 2.05) is 71.4 Å². The molecule has 3 aromatic carbocycles. The van der Waals surface area contributed by atoms with Gasteiger partial charge in [-0.05, 0) is 41.5 Å². The molecule has 5 aromatic rings. The highest BCUT2D eigenvalue weighted by molar-refractivity contribution is 6.07. The molecule has 180 valence electrons. The van der Waals surface area contributed by atoms with Gasteiger partial charge in [0.1, 0.15) is 0 Å². The van der Waals surface area contributed by atoms with E-state index in [0.29, 0.717) is 29.3 Å². The smallest absolute Gasteiger partial charge is 0.252 e. The number of methoxy groups -OCH3 is 2. The van der Waals surface area contributed by atoms with E-state index < -0.39 is 0 Å². The van der Waals surface area contributed by atoms with Crippen LogP contribution in [0.4, 0.5) is 0 Å². The topological polar surface area (TPSA) is 78.3 Å². The number of rotatable bonds is 8. The highest BCUT2D eigenvalue weighted by atomic mass is 16.5. The summed E-state index contributed by atoms with van der Waals surface area (Å²) in [6.07, 6.45) is 5.50. The Bertz CT molecular complexity index is 1500. The molecule has 0 atom stereocenters. The molecular formula is C29H26N4O3. The zero-order valence-corrected chi connectivity index (χ0v) is 20.1. The quantitative estimate of drug-likeness (QED) is 0.336. The number of carbonyl (C=O) groups excluding carboxylic acids is 1. The van der Waals surface area contributed by atoms with E-state index in [9.17, 15) is 4.79 Å². The number of ether oxygens (including phenoxy) is 2. The molecule has 0 saturated heterocycles. The van der Waals surface area contributed by atoms with Gasteiger partial charge in [-0.1, -0.05) is 42.5 Å². The Hall–Kier alpha value is -4.65. The highest BCUT2D eigenvalue weighted by Gasteiger charge is 2.15. The molecule has 36 heavy (non-hydrogen) atoms. The normalized spacial score (nSPS) is 10.8. The molecule has 2 heterocycles. The van der Waals surface area contributed by atoms with Crippen LogP contribution in [-0.4, -0.2) is 34.7 Å². The van der Waals surface area contributed by atoms with Crippen molar-refractivity contribution in [2.45, 2.75) is 13.1 Å². The summed E-state index contributed by atoms with van der Waals surface area (Å²) in [5.74, 6) is 1.08. The Balaban J connectivity index is 1.38. The zero-order chi connectivity index (χ0) is 24.9. The summed E-state index contributed by atoms with van der Waals surface area (Å²) in [6, 6.07) is 23.3. The molecule has 1 N–H and O–H groups in total. The molecule has 5 rings (SSSR count). The highest BCUT2D eigenvalue weighted by Crippen LogP contribution is 2.33. The van der Waals surface area contributed by atoms with Crippen molar-refractivity contribution >= 4 is 16.8 Å². The predicted octanol–water partition coefficient (Wildman–Crippen LogP) is 5.09. The van der Waals surface area contributed by atoms with Gasteiger partial charge in [-0.2, -0.15) is 0 Å². The number of aromatic nitrogens is 3. The maximum Gasteiger partial charge on any atom is 0.252 e. The molecule has 0 bridgehead atoms. The van der Waals surface area contributed by atoms with E-state index in [1.54, 1.807) is 26.7 Å². The van der Waals surface area contributed by atoms with Crippen LogP contribution >= 0.6 is 0 Å². The van der Waals surface area contributed by atoms with Crippen LogP contribution in [0.5, 0.6) is 11.5 Å². The van der Waals surface area contributed by atoms with Crippen molar-refractivity contribution in [2.24, 2.45) is 0 Å². The number of hydrogen-bond acceptors (Lipinski definition) is 5. The van der Waals surface area contributed by atoms with E-state index in [0.717, 1.165) is 28.6 Å². The van der Waals surface area contributed by atoms with Gasteiger partial charge < -0.3 is 19.4 Å². The first-order chi connectivity index (χ1) is 17.6. The number of carbonyl (C=O) groups is 1. The monoisotopic (exact) mass is 478 g/mol. The van der Waals surface area contributed by atoms with Gasteiger partial charge in [-0.25, -0.2) is 9.97 Å². The van der Waals surface area contributed by atoms with Crippen LogP contribution in [0.2, 0.25) is 0 Å². The SMILES string of the molecule is COc1ccc(-c2cc(C(=O)NCc3ccc(Cn4ccnc4)cc3)c3ccccc3n2)cc1OC. The first-order valence-corrected chi connectivity index (χ1v) is 11.6. The van der Waals surface area contributed by atoms with Crippen molar-refractivity contribution in [1.29, 1.82) is 0 Å². The molecule has 0 fully saturated rings. The minimum absolute atomic E-state index is 0.155. The number of nitrogens with one attached hydrogen (secondary N) is 1. The van der Waals surface area contributed by atoms with Gasteiger partial charge in [0.25, 0.3) is 5.91 Å². The van der Waals surface area contributed by atoms with Gasteiger partial charge >= 0.3 is 0 Å². The van der Waals surface area contributed by atoms with Gasteiger partial charge in [-0.3, -0.25) is 4.79 Å². The number of hydrogen-bond donors (Lipinski definition) is 1. The van der Waals surface area contributed by atoms with Crippen molar-refractivity contribution < 1.29 is 14.3 Å². The Kier molecular flexibility index (Phi) is 6.62. The first kappa shape index (κ1) is 23.1. The second kappa shape index (κ2) is 10.3. The lowest BCUT2D eigenvalue weighted by atomic mass is 10.0. The van der Waals surface area contributed by atoms with Gasteiger partial charge in [0, 0.05) is 36.4 Å². The summed E-state index contributed by atoms with van der Waals surface area (Å²) in [5.41, 5.74) is 5.03. The predicted molar refractivity (Wildman–Crippen MR) is 139 cm³/mol. The van der Waals surface area contributed by atoms with E-state index in [-0.39, 0.29) is 5.91 Å². The van der Waals surface area contributed by atoms with Crippen molar-refractivity contribution in [3.63, 3.8) is 0 Å². The molecule has 0 aliphatic carbocycles. The molecule has 1 amide bonds. The largest absolute Gasteiger partial charge is 0.493 e. The third-order valence-corrected chi connectivity index (χ3v) is 6.04. The number of nitrogens with zero attached hydrogens (tertiary/aromatic N) is 3. The Morgan fingerprint density at radius 2 is 1.69 bits per heavy atom. The third kappa shape index (κ3) is 4.90. The van der Waals surface area contributed by atoms with Crippen LogP contribution in [0.3, 0.4) is 0 Å². The zero-order valence-electron chi connectivity index (χ0n) is 20.1. The molecule has 7 heteroatoms. The lowest BCUT2D eigenvalue weighted by Gasteiger charge is -2.13. The summed E-state index contributed by atoms with van der Waals surface area (Å²) in [7, 11) is 3.19. The lowest BCUT2D eigenvalue weighted by Crippen LogP contribution is -2.23. The maximum atomic E-state index is 13.3. The second-order valence-electron chi connectivity index (χ2n) is 8.38. The van der Waals surface area contributed by atoms with Crippen molar-refractivity contribution in [3.05, 3.63) is 108 Å². The fourth-order valence-corrected chi connectivity index (χ4v) is 4.14. The number of para-hydroxylation sites is 1. The molecule has 0 spiro atoms. The summed E-state index contributed by atoms with van der Waals surface area (Å²) >= 11 is 0. The average molecular weight is 479 g/mol. The summed E-state index contributed by atoms with van der Waals surface area (Å²) < 4.78 is 12.8. The minimum Gasteiger partial charge on any atom is -0.493 e. The third-order valence-electron chi connectivity index (χ3n) is 6.04. The van der Waals surface area contributed by atoms with E-state index in [1.165, 1.54) is 5.56 Å². The molecule has 0 aliphatic rings. The van der Waals surface area contributed by atoms with Crippen LogP contribution in [0.15, 0.2) is 91.5 Å². The van der Waals surface area contributed by atoms with Crippen LogP contribution in [0, 0.1) is 0 Å². The minimum atomic E-state index is -0.155. The van der Waals surface area contributed by atoms with Crippen LogP contribution in [0.1, 0.15) is 21.5 Å². The summed E-state index contributed by atoms with van der Waals surface area (Å²) in [4.78, 5) is 22.2. The lowest BCUT2D eigenvalue weighted by molar-refractivity contribution is 0.0952. The summed E-state index contributed by atoms with van der Waals surface area (Å²) in [5, 5.41) is 3.87. The van der Waals surface area contributed by atoms with E-state index >= 15 is 0 Å². The molecular weight excluding hydrogens is 452 g/mol. The van der Waals surface area contributed by atoms with Gasteiger partial charge in [0.05, 0.1) is 37.3 Å². The number of amides is 1. The van der Waals surface area contributed by atoms with Gasteiger partial charge in [-0.15, -0.1) is 0 Å². The fourth-order valence-electron chi connectivity index (χ4n) is 4.14. The van der Waals surface area contributed by atoms with Crippen LogP contribution in [-0.2, 0) is 13.1 Å². The number of imidazole rings is 1. The Morgan fingerprint density at radius 1 is 0.917 bits per heavy atom. The number of benzene rings is 3. The number of pyridine rings is 1. The Labute approximate surface area is 209 Å². The van der Waals surface area contributed by atoms with E-state index in [2.05, 4.69) is 22.4 Å². The van der Waals surface area contributed by atoms with Crippen molar-refractivity contribution in [2.75, 3.05) is 14.2 Å². The van der Waals surface area contributed by atoms with E-state index in [4.69, 9.17) is 14.5 Å². The van der Waals surface area contributed by atoms with Gasteiger partial charge in [0.2, 0.25) is 0 Å².